The highest BCUT2D eigenvalue weighted by Crippen LogP contribution is 2.23. The highest BCUT2D eigenvalue weighted by atomic mass is 32.1. The summed E-state index contributed by atoms with van der Waals surface area (Å²) in [6, 6.07) is 0. The van der Waals surface area contributed by atoms with E-state index in [2.05, 4.69) is 12.6 Å². The van der Waals surface area contributed by atoms with Crippen molar-refractivity contribution in [3.05, 3.63) is 0 Å². The first-order chi connectivity index (χ1) is 12.4. The van der Waals surface area contributed by atoms with Crippen LogP contribution in [0.15, 0.2) is 0 Å². The van der Waals surface area contributed by atoms with E-state index in [1.165, 1.54) is 141 Å². The minimum atomic E-state index is 0.968. The minimum absolute atomic E-state index is 0.968. The second kappa shape index (κ2) is 19.1. The molecule has 0 aromatic heterocycles. The molecule has 0 spiro atoms. The van der Waals surface area contributed by atoms with Crippen LogP contribution in [0.5, 0.6) is 0 Å². The Hall–Kier alpha value is 0.350. The van der Waals surface area contributed by atoms with E-state index in [9.17, 15) is 0 Å². The van der Waals surface area contributed by atoms with Gasteiger partial charge in [0.15, 0.2) is 0 Å². The van der Waals surface area contributed by atoms with Gasteiger partial charge in [-0.25, -0.2) is 0 Å². The largest absolute Gasteiger partial charge is 0.179 e. The van der Waals surface area contributed by atoms with Crippen LogP contribution in [0.1, 0.15) is 141 Å². The van der Waals surface area contributed by atoms with Crippen molar-refractivity contribution in [2.75, 3.05) is 5.75 Å². The normalized spacial score (nSPS) is 23.4. The smallest absolute Gasteiger partial charge is 0.00953 e. The van der Waals surface area contributed by atoms with Crippen LogP contribution >= 0.6 is 12.6 Å². The van der Waals surface area contributed by atoms with Gasteiger partial charge < -0.3 is 0 Å². The minimum Gasteiger partial charge on any atom is -0.179 e. The van der Waals surface area contributed by atoms with Gasteiger partial charge in [-0.15, -0.1) is 0 Å². The lowest BCUT2D eigenvalue weighted by Gasteiger charge is -2.16. The predicted molar refractivity (Wildman–Crippen MR) is 119 cm³/mol. The van der Waals surface area contributed by atoms with Crippen molar-refractivity contribution in [2.24, 2.45) is 5.92 Å². The van der Waals surface area contributed by atoms with E-state index < -0.39 is 0 Å². The molecule has 1 aliphatic rings. The maximum Gasteiger partial charge on any atom is -0.00953 e. The number of hydrogen-bond donors (Lipinski definition) is 1. The van der Waals surface area contributed by atoms with E-state index in [1.54, 1.807) is 0 Å². The highest BCUT2D eigenvalue weighted by Gasteiger charge is 2.07. The number of thiol groups is 1. The van der Waals surface area contributed by atoms with E-state index in [0.717, 1.165) is 11.7 Å². The summed E-state index contributed by atoms with van der Waals surface area (Å²) in [5, 5.41) is 0. The monoisotopic (exact) mass is 368 g/mol. The molecule has 0 aromatic carbocycles. The average Bonchev–Trinajstić information content (AvgIpc) is 2.62. The van der Waals surface area contributed by atoms with Gasteiger partial charge >= 0.3 is 0 Å². The molecule has 1 heteroatoms. The Morgan fingerprint density at radius 3 is 0.880 bits per heavy atom. The fourth-order valence-corrected chi connectivity index (χ4v) is 4.85. The first kappa shape index (κ1) is 23.4. The van der Waals surface area contributed by atoms with Crippen molar-refractivity contribution in [1.82, 2.24) is 0 Å². The third-order valence-corrected chi connectivity index (χ3v) is 6.52. The lowest BCUT2D eigenvalue weighted by atomic mass is 9.92. The molecule has 0 bridgehead atoms. The summed E-state index contributed by atoms with van der Waals surface area (Å²) in [5.74, 6) is 2.06. The lowest BCUT2D eigenvalue weighted by Crippen LogP contribution is -2.02. The Balaban J connectivity index is 2.17. The van der Waals surface area contributed by atoms with Crippen molar-refractivity contribution in [3.8, 4) is 0 Å². The summed E-state index contributed by atoms with van der Waals surface area (Å²) in [7, 11) is 0. The van der Waals surface area contributed by atoms with E-state index in [4.69, 9.17) is 0 Å². The molecule has 1 rings (SSSR count). The van der Waals surface area contributed by atoms with E-state index >= 15 is 0 Å². The molecule has 0 aliphatic heterocycles. The van der Waals surface area contributed by atoms with Crippen LogP contribution in [0.25, 0.3) is 0 Å². The fourth-order valence-electron chi connectivity index (χ4n) is 4.49. The zero-order valence-electron chi connectivity index (χ0n) is 17.3. The van der Waals surface area contributed by atoms with Crippen LogP contribution in [0.4, 0.5) is 0 Å². The van der Waals surface area contributed by atoms with Crippen molar-refractivity contribution in [1.29, 1.82) is 0 Å². The molecular weight excluding hydrogens is 320 g/mol. The molecule has 1 aliphatic carbocycles. The standard InChI is InChI=1S/C24H48S/c25-23-22-24-20-18-16-14-12-10-8-6-4-2-1-3-5-7-9-11-13-15-17-19-21-24/h24-25H,1-23H2. The molecule has 25 heavy (non-hydrogen) atoms. The Kier molecular flexibility index (Phi) is 17.9. The molecular formula is C24H48S. The quantitative estimate of drug-likeness (QED) is 0.461. The van der Waals surface area contributed by atoms with Gasteiger partial charge in [0.1, 0.15) is 0 Å². The predicted octanol–water partition coefficient (Wildman–Crippen LogP) is 9.13. The second-order valence-electron chi connectivity index (χ2n) is 8.67. The van der Waals surface area contributed by atoms with Crippen molar-refractivity contribution in [2.45, 2.75) is 141 Å². The second-order valence-corrected chi connectivity index (χ2v) is 9.12. The summed E-state index contributed by atoms with van der Waals surface area (Å²) in [6.07, 6.45) is 32.5. The van der Waals surface area contributed by atoms with E-state index in [1.807, 2.05) is 0 Å². The van der Waals surface area contributed by atoms with E-state index in [0.29, 0.717) is 0 Å². The molecule has 0 N–H and O–H groups in total. The summed E-state index contributed by atoms with van der Waals surface area (Å²) >= 11 is 4.49. The zero-order valence-corrected chi connectivity index (χ0v) is 18.2. The Morgan fingerprint density at radius 2 is 0.640 bits per heavy atom. The van der Waals surface area contributed by atoms with Crippen LogP contribution in [0.3, 0.4) is 0 Å². The van der Waals surface area contributed by atoms with Gasteiger partial charge in [0.2, 0.25) is 0 Å². The van der Waals surface area contributed by atoms with Crippen LogP contribution in [-0.2, 0) is 0 Å². The summed E-state index contributed by atoms with van der Waals surface area (Å²) in [4.78, 5) is 0. The van der Waals surface area contributed by atoms with Gasteiger partial charge in [0, 0.05) is 0 Å². The summed E-state index contributed by atoms with van der Waals surface area (Å²) in [5.41, 5.74) is 0. The van der Waals surface area contributed by atoms with Crippen LogP contribution in [0, 0.1) is 5.92 Å². The maximum atomic E-state index is 4.49. The SMILES string of the molecule is SCCC1CCCCCCCCCCCCCCCCCCCCC1. The highest BCUT2D eigenvalue weighted by molar-refractivity contribution is 7.80. The molecule has 0 radical (unpaired) electrons. The van der Waals surface area contributed by atoms with Crippen LogP contribution < -0.4 is 0 Å². The van der Waals surface area contributed by atoms with Crippen LogP contribution in [-0.4, -0.2) is 5.75 Å². The Morgan fingerprint density at radius 1 is 0.400 bits per heavy atom. The first-order valence-corrected chi connectivity index (χ1v) is 12.7. The number of rotatable bonds is 2. The molecule has 0 unspecified atom stereocenters. The third kappa shape index (κ3) is 16.3. The fraction of sp³-hybridized carbons (Fsp3) is 1.00. The van der Waals surface area contributed by atoms with Crippen molar-refractivity contribution >= 4 is 12.6 Å². The molecule has 150 valence electrons. The molecule has 0 saturated heterocycles. The molecule has 1 saturated carbocycles. The molecule has 0 amide bonds. The summed E-state index contributed by atoms with van der Waals surface area (Å²) < 4.78 is 0. The van der Waals surface area contributed by atoms with Crippen LogP contribution in [0.2, 0.25) is 0 Å². The Bertz CT molecular complexity index is 228. The lowest BCUT2D eigenvalue weighted by molar-refractivity contribution is 0.394. The number of hydrogen-bond acceptors (Lipinski definition) is 1. The van der Waals surface area contributed by atoms with E-state index in [-0.39, 0.29) is 0 Å². The van der Waals surface area contributed by atoms with Gasteiger partial charge in [-0.05, 0) is 18.1 Å². The molecule has 1 fully saturated rings. The first-order valence-electron chi connectivity index (χ1n) is 12.0. The molecule has 0 atom stereocenters. The zero-order chi connectivity index (χ0) is 17.8. The Labute approximate surface area is 165 Å². The van der Waals surface area contributed by atoms with Crippen molar-refractivity contribution < 1.29 is 0 Å². The van der Waals surface area contributed by atoms with Crippen molar-refractivity contribution in [3.63, 3.8) is 0 Å². The van der Waals surface area contributed by atoms with Gasteiger partial charge in [-0.2, -0.15) is 12.6 Å². The topological polar surface area (TPSA) is 0 Å². The van der Waals surface area contributed by atoms with Gasteiger partial charge in [-0.3, -0.25) is 0 Å². The molecule has 0 heterocycles. The summed E-state index contributed by atoms with van der Waals surface area (Å²) in [6.45, 7) is 0. The molecule has 0 nitrogen and oxygen atoms in total. The van der Waals surface area contributed by atoms with Gasteiger partial charge in [-0.1, -0.05) is 135 Å². The average molecular weight is 369 g/mol. The maximum absolute atomic E-state index is 4.49. The van der Waals surface area contributed by atoms with Gasteiger partial charge in [0.25, 0.3) is 0 Å². The van der Waals surface area contributed by atoms with Gasteiger partial charge in [0.05, 0.1) is 0 Å². The molecule has 0 aromatic rings. The third-order valence-electron chi connectivity index (χ3n) is 6.26.